The van der Waals surface area contributed by atoms with Crippen molar-refractivity contribution in [1.29, 1.82) is 0 Å². The van der Waals surface area contributed by atoms with Crippen LogP contribution in [0.2, 0.25) is 0 Å². The van der Waals surface area contributed by atoms with Crippen LogP contribution in [0.25, 0.3) is 0 Å². The standard InChI is InChI=1S/C21H32F3N5O2.HI/c1-20(2,3)31-16-6-5-14(17(11-16)21(22,23)24)12-27-19(26-4)28-15-7-9-29(10-8-15)13-18(25)30;/h5-6,11,15H,7-10,12-13H2,1-4H3,(H2,25,30)(H2,26,27,28);1H. The Labute approximate surface area is 204 Å². The van der Waals surface area contributed by atoms with E-state index in [1.165, 1.54) is 6.07 Å². The van der Waals surface area contributed by atoms with Crippen molar-refractivity contribution in [1.82, 2.24) is 15.5 Å². The van der Waals surface area contributed by atoms with Gasteiger partial charge in [0.05, 0.1) is 12.1 Å². The molecule has 7 nitrogen and oxygen atoms in total. The van der Waals surface area contributed by atoms with Crippen molar-refractivity contribution >= 4 is 35.8 Å². The number of rotatable bonds is 6. The third kappa shape index (κ3) is 9.39. The van der Waals surface area contributed by atoms with E-state index in [1.807, 2.05) is 4.90 Å². The van der Waals surface area contributed by atoms with E-state index in [0.29, 0.717) is 19.0 Å². The molecule has 1 aromatic rings. The highest BCUT2D eigenvalue weighted by Crippen LogP contribution is 2.35. The zero-order valence-corrected chi connectivity index (χ0v) is 21.2. The molecule has 0 atom stereocenters. The number of hydrogen-bond donors (Lipinski definition) is 3. The van der Waals surface area contributed by atoms with Gasteiger partial charge in [-0.3, -0.25) is 14.7 Å². The zero-order valence-electron chi connectivity index (χ0n) is 18.9. The van der Waals surface area contributed by atoms with E-state index in [2.05, 4.69) is 15.6 Å². The Morgan fingerprint density at radius 2 is 1.88 bits per heavy atom. The number of hydrogen-bond acceptors (Lipinski definition) is 4. The lowest BCUT2D eigenvalue weighted by Crippen LogP contribution is -2.49. The van der Waals surface area contributed by atoms with Crippen LogP contribution >= 0.6 is 24.0 Å². The molecule has 1 aliphatic rings. The van der Waals surface area contributed by atoms with Gasteiger partial charge in [0.2, 0.25) is 5.91 Å². The number of carbonyl (C=O) groups is 1. The molecular weight excluding hydrogens is 538 g/mol. The molecule has 1 fully saturated rings. The lowest BCUT2D eigenvalue weighted by Gasteiger charge is -2.32. The van der Waals surface area contributed by atoms with Crippen LogP contribution in [0.5, 0.6) is 5.75 Å². The minimum absolute atomic E-state index is 0. The van der Waals surface area contributed by atoms with Gasteiger partial charge in [0, 0.05) is 32.7 Å². The van der Waals surface area contributed by atoms with E-state index in [9.17, 15) is 18.0 Å². The first-order chi connectivity index (χ1) is 14.4. The van der Waals surface area contributed by atoms with E-state index in [0.717, 1.165) is 18.9 Å². The third-order valence-corrected chi connectivity index (χ3v) is 4.79. The maximum Gasteiger partial charge on any atom is 0.416 e. The van der Waals surface area contributed by atoms with E-state index >= 15 is 0 Å². The Morgan fingerprint density at radius 1 is 1.25 bits per heavy atom. The maximum absolute atomic E-state index is 13.6. The molecule has 11 heteroatoms. The molecule has 1 amide bonds. The Morgan fingerprint density at radius 3 is 2.38 bits per heavy atom. The van der Waals surface area contributed by atoms with Crippen molar-refractivity contribution in [3.05, 3.63) is 29.3 Å². The van der Waals surface area contributed by atoms with E-state index in [1.54, 1.807) is 33.9 Å². The first-order valence-corrected chi connectivity index (χ1v) is 10.2. The molecule has 1 aromatic carbocycles. The fourth-order valence-electron chi connectivity index (χ4n) is 3.41. The van der Waals surface area contributed by atoms with Crippen LogP contribution in [0.1, 0.15) is 44.7 Å². The number of likely N-dealkylation sites (tertiary alicyclic amines) is 1. The minimum Gasteiger partial charge on any atom is -0.488 e. The normalized spacial score (nSPS) is 16.3. The number of primary amides is 1. The summed E-state index contributed by atoms with van der Waals surface area (Å²) in [6, 6.07) is 4.11. The third-order valence-electron chi connectivity index (χ3n) is 4.79. The Kier molecular flexibility index (Phi) is 10.5. The highest BCUT2D eigenvalue weighted by molar-refractivity contribution is 14.0. The predicted molar refractivity (Wildman–Crippen MR) is 129 cm³/mol. The summed E-state index contributed by atoms with van der Waals surface area (Å²) in [6.07, 6.45) is -2.94. The number of ether oxygens (including phenoxy) is 1. The number of piperidine rings is 1. The largest absolute Gasteiger partial charge is 0.488 e. The van der Waals surface area contributed by atoms with Gasteiger partial charge < -0.3 is 21.1 Å². The summed E-state index contributed by atoms with van der Waals surface area (Å²) >= 11 is 0. The highest BCUT2D eigenvalue weighted by atomic mass is 127. The molecule has 0 spiro atoms. The second-order valence-electron chi connectivity index (χ2n) is 8.62. The molecule has 0 unspecified atom stereocenters. The average Bonchev–Trinajstić information content (AvgIpc) is 2.64. The maximum atomic E-state index is 13.6. The number of amides is 1. The van der Waals surface area contributed by atoms with E-state index < -0.39 is 17.3 Å². The fourth-order valence-corrected chi connectivity index (χ4v) is 3.41. The number of nitrogens with two attached hydrogens (primary N) is 1. The van der Waals surface area contributed by atoms with Crippen molar-refractivity contribution in [3.8, 4) is 5.75 Å². The topological polar surface area (TPSA) is 92.0 Å². The number of aliphatic imine (C=N–C) groups is 1. The van der Waals surface area contributed by atoms with Crippen LogP contribution in [0.3, 0.4) is 0 Å². The molecule has 0 radical (unpaired) electrons. The molecule has 1 aliphatic heterocycles. The molecule has 4 N–H and O–H groups in total. The van der Waals surface area contributed by atoms with Crippen LogP contribution in [-0.4, -0.2) is 55.1 Å². The SMILES string of the molecule is CN=C(NCc1ccc(OC(C)(C)C)cc1C(F)(F)F)NC1CCN(CC(N)=O)CC1.I. The highest BCUT2D eigenvalue weighted by Gasteiger charge is 2.34. The van der Waals surface area contributed by atoms with Crippen molar-refractivity contribution in [2.24, 2.45) is 10.7 Å². The molecule has 1 saturated heterocycles. The number of nitrogens with zero attached hydrogens (tertiary/aromatic N) is 2. The van der Waals surface area contributed by atoms with Gasteiger partial charge in [-0.1, -0.05) is 6.07 Å². The monoisotopic (exact) mass is 571 g/mol. The summed E-state index contributed by atoms with van der Waals surface area (Å²) < 4.78 is 46.4. The number of halogens is 4. The second kappa shape index (κ2) is 11.9. The summed E-state index contributed by atoms with van der Waals surface area (Å²) in [5.74, 6) is 0.244. The van der Waals surface area contributed by atoms with Gasteiger partial charge in [-0.25, -0.2) is 0 Å². The van der Waals surface area contributed by atoms with Gasteiger partial charge in [0.25, 0.3) is 0 Å². The molecule has 32 heavy (non-hydrogen) atoms. The molecule has 182 valence electrons. The fraction of sp³-hybridized carbons (Fsp3) is 0.619. The molecule has 0 saturated carbocycles. The number of alkyl halides is 3. The smallest absolute Gasteiger partial charge is 0.416 e. The number of nitrogens with one attached hydrogen (secondary N) is 2. The summed E-state index contributed by atoms with van der Waals surface area (Å²) in [5.41, 5.74) is 3.99. The molecule has 0 bridgehead atoms. The van der Waals surface area contributed by atoms with E-state index in [4.69, 9.17) is 10.5 Å². The zero-order chi connectivity index (χ0) is 23.2. The summed E-state index contributed by atoms with van der Waals surface area (Å²) in [5, 5.41) is 6.21. The number of guanidine groups is 1. The lowest BCUT2D eigenvalue weighted by atomic mass is 10.0. The van der Waals surface area contributed by atoms with Gasteiger partial charge in [-0.05, 0) is 51.3 Å². The van der Waals surface area contributed by atoms with Crippen LogP contribution in [0, 0.1) is 0 Å². The van der Waals surface area contributed by atoms with Gasteiger partial charge in [-0.15, -0.1) is 24.0 Å². The Bertz CT molecular complexity index is 789. The molecule has 0 aromatic heterocycles. The van der Waals surface area contributed by atoms with Crippen molar-refractivity contribution in [3.63, 3.8) is 0 Å². The first-order valence-electron chi connectivity index (χ1n) is 10.2. The van der Waals surface area contributed by atoms with Gasteiger partial charge in [0.15, 0.2) is 5.96 Å². The Hall–Kier alpha value is -1.76. The average molecular weight is 571 g/mol. The predicted octanol–water partition coefficient (Wildman–Crippen LogP) is 3.12. The minimum atomic E-state index is -4.50. The quantitative estimate of drug-likeness (QED) is 0.278. The van der Waals surface area contributed by atoms with Crippen molar-refractivity contribution in [2.75, 3.05) is 26.7 Å². The summed E-state index contributed by atoms with van der Waals surface area (Å²) in [6.45, 7) is 6.97. The molecule has 1 heterocycles. The first kappa shape index (κ1) is 28.3. The summed E-state index contributed by atoms with van der Waals surface area (Å²) in [7, 11) is 1.57. The molecule has 0 aliphatic carbocycles. The van der Waals surface area contributed by atoms with E-state index in [-0.39, 0.29) is 60.3 Å². The van der Waals surface area contributed by atoms with Crippen molar-refractivity contribution < 1.29 is 22.7 Å². The molecule has 2 rings (SSSR count). The van der Waals surface area contributed by atoms with Crippen molar-refractivity contribution in [2.45, 2.75) is 58.0 Å². The number of carbonyl (C=O) groups excluding carboxylic acids is 1. The van der Waals surface area contributed by atoms with Crippen LogP contribution in [-0.2, 0) is 17.5 Å². The van der Waals surface area contributed by atoms with Crippen LogP contribution < -0.4 is 21.1 Å². The van der Waals surface area contributed by atoms with Crippen LogP contribution in [0.15, 0.2) is 23.2 Å². The van der Waals surface area contributed by atoms with Crippen LogP contribution in [0.4, 0.5) is 13.2 Å². The lowest BCUT2D eigenvalue weighted by molar-refractivity contribution is -0.138. The van der Waals surface area contributed by atoms with Gasteiger partial charge in [0.1, 0.15) is 11.4 Å². The van der Waals surface area contributed by atoms with Gasteiger partial charge in [-0.2, -0.15) is 13.2 Å². The Balaban J connectivity index is 0.00000512. The summed E-state index contributed by atoms with van der Waals surface area (Å²) in [4.78, 5) is 17.1. The second-order valence-corrected chi connectivity index (χ2v) is 8.62. The number of benzene rings is 1. The van der Waals surface area contributed by atoms with Gasteiger partial charge >= 0.3 is 6.18 Å². The molecular formula is C21H33F3IN5O2.